The number of nitrogens with two attached hydrogens (primary N) is 1. The molecule has 5 nitrogen and oxygen atoms in total. The summed E-state index contributed by atoms with van der Waals surface area (Å²) >= 11 is 0. The van der Waals surface area contributed by atoms with Crippen LogP contribution in [0.4, 0.5) is 5.82 Å². The maximum Gasteiger partial charge on any atom is 0.252 e. The van der Waals surface area contributed by atoms with Crippen LogP contribution in [0.15, 0.2) is 18.3 Å². The van der Waals surface area contributed by atoms with Crippen LogP contribution < -0.4 is 11.1 Å². The number of carbonyl (C=O) groups is 1. The Morgan fingerprint density at radius 3 is 2.88 bits per heavy atom. The smallest absolute Gasteiger partial charge is 0.252 e. The molecule has 0 aliphatic heterocycles. The van der Waals surface area contributed by atoms with Crippen LogP contribution in [-0.4, -0.2) is 28.1 Å². The number of aliphatic hydroxyl groups excluding tert-OH is 1. The van der Waals surface area contributed by atoms with Gasteiger partial charge in [0.25, 0.3) is 5.91 Å². The minimum Gasteiger partial charge on any atom is -0.396 e. The largest absolute Gasteiger partial charge is 0.396 e. The Balaban J connectivity index is 2.97. The normalized spacial score (nSPS) is 14.1. The lowest BCUT2D eigenvalue weighted by atomic mass is 9.94. The second-order valence-corrected chi connectivity index (χ2v) is 4.28. The highest BCUT2D eigenvalue weighted by atomic mass is 16.3. The summed E-state index contributed by atoms with van der Waals surface area (Å²) in [6.45, 7) is 4.06. The summed E-state index contributed by atoms with van der Waals surface area (Å²) in [6.07, 6.45) is 2.99. The lowest BCUT2D eigenvalue weighted by Crippen LogP contribution is -2.36. The zero-order valence-electron chi connectivity index (χ0n) is 10.2. The highest BCUT2D eigenvalue weighted by Crippen LogP contribution is 2.22. The molecule has 94 valence electrons. The zero-order chi connectivity index (χ0) is 12.9. The Labute approximate surface area is 101 Å². The van der Waals surface area contributed by atoms with E-state index in [1.165, 1.54) is 0 Å². The molecule has 1 aromatic rings. The summed E-state index contributed by atoms with van der Waals surface area (Å²) in [4.78, 5) is 15.4. The van der Waals surface area contributed by atoms with E-state index in [0.717, 1.165) is 6.42 Å². The van der Waals surface area contributed by atoms with Crippen LogP contribution in [0.25, 0.3) is 0 Å². The number of pyridine rings is 1. The third-order valence-corrected chi connectivity index (χ3v) is 2.94. The third kappa shape index (κ3) is 3.42. The molecule has 0 bridgehead atoms. The number of amides is 1. The molecule has 1 amide bonds. The predicted molar refractivity (Wildman–Crippen MR) is 66.8 cm³/mol. The number of aliphatic hydroxyl groups is 1. The molecule has 17 heavy (non-hydrogen) atoms. The van der Waals surface area contributed by atoms with Gasteiger partial charge in [0.1, 0.15) is 5.82 Å². The van der Waals surface area contributed by atoms with Crippen LogP contribution >= 0.6 is 0 Å². The molecule has 1 atom stereocenters. The van der Waals surface area contributed by atoms with Crippen molar-refractivity contribution in [2.45, 2.75) is 32.2 Å². The van der Waals surface area contributed by atoms with Crippen LogP contribution in [0, 0.1) is 0 Å². The van der Waals surface area contributed by atoms with Gasteiger partial charge in [-0.15, -0.1) is 0 Å². The first kappa shape index (κ1) is 13.4. The SMILES string of the molecule is CCC(C)(CCO)Nc1ncccc1C(N)=O. The molecule has 1 heterocycles. The predicted octanol–water partition coefficient (Wildman–Crippen LogP) is 1.14. The monoisotopic (exact) mass is 237 g/mol. The molecule has 1 unspecified atom stereocenters. The van der Waals surface area contributed by atoms with Crippen molar-refractivity contribution in [1.29, 1.82) is 0 Å². The first-order valence-corrected chi connectivity index (χ1v) is 5.66. The average Bonchev–Trinajstić information content (AvgIpc) is 2.29. The van der Waals surface area contributed by atoms with Gasteiger partial charge in [0, 0.05) is 18.3 Å². The van der Waals surface area contributed by atoms with E-state index >= 15 is 0 Å². The standard InChI is InChI=1S/C12H19N3O2/c1-3-12(2,6-8-16)15-11-9(10(13)17)5-4-7-14-11/h4-5,7,16H,3,6,8H2,1-2H3,(H2,13,17)(H,14,15). The van der Waals surface area contributed by atoms with Crippen LogP contribution in [0.3, 0.4) is 0 Å². The number of rotatable bonds is 6. The van der Waals surface area contributed by atoms with Crippen LogP contribution in [-0.2, 0) is 0 Å². The number of aromatic nitrogens is 1. The second-order valence-electron chi connectivity index (χ2n) is 4.28. The van der Waals surface area contributed by atoms with Gasteiger partial charge in [0.15, 0.2) is 0 Å². The minimum atomic E-state index is -0.511. The Morgan fingerprint density at radius 2 is 2.35 bits per heavy atom. The van der Waals surface area contributed by atoms with Gasteiger partial charge in [-0.2, -0.15) is 0 Å². The molecule has 4 N–H and O–H groups in total. The van der Waals surface area contributed by atoms with E-state index in [1.54, 1.807) is 18.3 Å². The minimum absolute atomic E-state index is 0.0794. The number of hydrogen-bond donors (Lipinski definition) is 3. The number of carbonyl (C=O) groups excluding carboxylic acids is 1. The molecule has 1 aromatic heterocycles. The van der Waals surface area contributed by atoms with E-state index in [2.05, 4.69) is 10.3 Å². The summed E-state index contributed by atoms with van der Waals surface area (Å²) < 4.78 is 0. The lowest BCUT2D eigenvalue weighted by molar-refractivity contribution is 0.100. The summed E-state index contributed by atoms with van der Waals surface area (Å²) in [7, 11) is 0. The molecular formula is C12H19N3O2. The molecule has 0 fully saturated rings. The number of anilines is 1. The molecule has 0 aliphatic rings. The fourth-order valence-corrected chi connectivity index (χ4v) is 1.56. The van der Waals surface area contributed by atoms with Crippen LogP contribution in [0.1, 0.15) is 37.0 Å². The molecule has 5 heteroatoms. The highest BCUT2D eigenvalue weighted by molar-refractivity contribution is 5.97. The van der Waals surface area contributed by atoms with Gasteiger partial charge in [0.2, 0.25) is 0 Å². The topological polar surface area (TPSA) is 88.2 Å². The van der Waals surface area contributed by atoms with Crippen molar-refractivity contribution < 1.29 is 9.90 Å². The number of nitrogens with one attached hydrogen (secondary N) is 1. The van der Waals surface area contributed by atoms with Gasteiger partial charge in [-0.3, -0.25) is 4.79 Å². The maximum absolute atomic E-state index is 11.2. The van der Waals surface area contributed by atoms with E-state index in [4.69, 9.17) is 10.8 Å². The van der Waals surface area contributed by atoms with Gasteiger partial charge < -0.3 is 16.2 Å². The first-order chi connectivity index (χ1) is 8.02. The number of hydrogen-bond acceptors (Lipinski definition) is 4. The molecule has 0 saturated heterocycles. The molecule has 1 rings (SSSR count). The molecule has 0 radical (unpaired) electrons. The van der Waals surface area contributed by atoms with E-state index in [9.17, 15) is 4.79 Å². The Kier molecular flexibility index (Phi) is 4.45. The van der Waals surface area contributed by atoms with E-state index in [0.29, 0.717) is 17.8 Å². The van der Waals surface area contributed by atoms with Gasteiger partial charge >= 0.3 is 0 Å². The zero-order valence-corrected chi connectivity index (χ0v) is 10.2. The van der Waals surface area contributed by atoms with Crippen molar-refractivity contribution >= 4 is 11.7 Å². The molecule has 0 aliphatic carbocycles. The van der Waals surface area contributed by atoms with Gasteiger partial charge in [0.05, 0.1) is 5.56 Å². The van der Waals surface area contributed by atoms with Crippen LogP contribution in [0.2, 0.25) is 0 Å². The van der Waals surface area contributed by atoms with E-state index in [-0.39, 0.29) is 12.1 Å². The van der Waals surface area contributed by atoms with E-state index in [1.807, 2.05) is 13.8 Å². The summed E-state index contributed by atoms with van der Waals surface area (Å²) in [6, 6.07) is 3.30. The summed E-state index contributed by atoms with van der Waals surface area (Å²) in [5.41, 5.74) is 5.35. The van der Waals surface area contributed by atoms with Crippen molar-refractivity contribution in [2.75, 3.05) is 11.9 Å². The van der Waals surface area contributed by atoms with Crippen molar-refractivity contribution in [2.24, 2.45) is 5.73 Å². The Morgan fingerprint density at radius 1 is 1.65 bits per heavy atom. The highest BCUT2D eigenvalue weighted by Gasteiger charge is 2.23. The van der Waals surface area contributed by atoms with Crippen molar-refractivity contribution in [3.8, 4) is 0 Å². The number of primary amides is 1. The first-order valence-electron chi connectivity index (χ1n) is 5.66. The fourth-order valence-electron chi connectivity index (χ4n) is 1.56. The molecule has 0 saturated carbocycles. The number of nitrogens with zero attached hydrogens (tertiary/aromatic N) is 1. The summed E-state index contributed by atoms with van der Waals surface area (Å²) in [5, 5.41) is 12.2. The summed E-state index contributed by atoms with van der Waals surface area (Å²) in [5.74, 6) is -0.0409. The molecular weight excluding hydrogens is 218 g/mol. The van der Waals surface area contributed by atoms with Gasteiger partial charge in [-0.25, -0.2) is 4.98 Å². The van der Waals surface area contributed by atoms with Crippen molar-refractivity contribution in [3.63, 3.8) is 0 Å². The van der Waals surface area contributed by atoms with Crippen molar-refractivity contribution in [3.05, 3.63) is 23.9 Å². The van der Waals surface area contributed by atoms with E-state index < -0.39 is 5.91 Å². The Bertz CT molecular complexity index is 395. The average molecular weight is 237 g/mol. The fraction of sp³-hybridized carbons (Fsp3) is 0.500. The van der Waals surface area contributed by atoms with Crippen LogP contribution in [0.5, 0.6) is 0 Å². The van der Waals surface area contributed by atoms with Gasteiger partial charge in [-0.1, -0.05) is 6.92 Å². The second kappa shape index (κ2) is 5.63. The molecule has 0 aromatic carbocycles. The van der Waals surface area contributed by atoms with Crippen molar-refractivity contribution in [1.82, 2.24) is 4.98 Å². The lowest BCUT2D eigenvalue weighted by Gasteiger charge is -2.30. The Hall–Kier alpha value is -1.62. The quantitative estimate of drug-likeness (QED) is 0.692. The third-order valence-electron chi connectivity index (χ3n) is 2.94. The van der Waals surface area contributed by atoms with Gasteiger partial charge in [-0.05, 0) is 31.9 Å². The maximum atomic E-state index is 11.2. The molecule has 0 spiro atoms.